The molecule has 1 atom stereocenters. The Hall–Kier alpha value is -3.06. The normalized spacial score (nSPS) is 21.5. The summed E-state index contributed by atoms with van der Waals surface area (Å²) >= 11 is 0. The van der Waals surface area contributed by atoms with E-state index in [9.17, 15) is 9.18 Å². The Morgan fingerprint density at radius 2 is 1.49 bits per heavy atom. The molecule has 1 aliphatic heterocycles. The van der Waals surface area contributed by atoms with Gasteiger partial charge in [0.2, 0.25) is 0 Å². The predicted molar refractivity (Wildman–Crippen MR) is 130 cm³/mol. The zero-order chi connectivity index (χ0) is 24.0. The van der Waals surface area contributed by atoms with E-state index in [0.717, 1.165) is 43.4 Å². The van der Waals surface area contributed by atoms with Gasteiger partial charge >= 0.3 is 5.97 Å². The van der Waals surface area contributed by atoms with Gasteiger partial charge in [0.05, 0.1) is 24.9 Å². The monoisotopic (exact) mass is 476 g/mol. The molecule has 5 nitrogen and oxygen atoms in total. The second kappa shape index (κ2) is 11.1. The standard InChI is InChI=1S/C29H29FO5/c30-25-11-5-21(6-12-25)23-9-15-27(16-10-23)35-29(31)24-3-1-20(2-4-24)22-7-13-26(14-8-22)34-19-32-17-28-18-33-28/h1-6,9-12,15-16,22,26,28H,7-8,13-14,17-19H2. The van der Waals surface area contributed by atoms with Crippen LogP contribution in [0.4, 0.5) is 4.39 Å². The van der Waals surface area contributed by atoms with Crippen molar-refractivity contribution in [3.8, 4) is 16.9 Å². The van der Waals surface area contributed by atoms with Gasteiger partial charge in [-0.1, -0.05) is 36.4 Å². The minimum atomic E-state index is -0.389. The summed E-state index contributed by atoms with van der Waals surface area (Å²) in [5, 5.41) is 0. The smallest absolute Gasteiger partial charge is 0.343 e. The fourth-order valence-corrected chi connectivity index (χ4v) is 4.47. The van der Waals surface area contributed by atoms with Crippen molar-refractivity contribution in [2.45, 2.75) is 43.8 Å². The molecule has 0 amide bonds. The zero-order valence-electron chi connectivity index (χ0n) is 19.5. The van der Waals surface area contributed by atoms with E-state index in [1.165, 1.54) is 17.7 Å². The molecular formula is C29H29FO5. The molecule has 3 aromatic carbocycles. The summed E-state index contributed by atoms with van der Waals surface area (Å²) in [6.45, 7) is 1.75. The third-order valence-electron chi connectivity index (χ3n) is 6.63. The summed E-state index contributed by atoms with van der Waals surface area (Å²) in [6.07, 6.45) is 4.64. The minimum absolute atomic E-state index is 0.245. The minimum Gasteiger partial charge on any atom is -0.423 e. The number of hydrogen-bond acceptors (Lipinski definition) is 5. The molecule has 0 aromatic heterocycles. The largest absolute Gasteiger partial charge is 0.423 e. The number of benzene rings is 3. The van der Waals surface area contributed by atoms with Crippen LogP contribution < -0.4 is 4.74 Å². The highest BCUT2D eigenvalue weighted by Crippen LogP contribution is 2.34. The van der Waals surface area contributed by atoms with Crippen molar-refractivity contribution in [3.05, 3.63) is 89.7 Å². The molecule has 0 spiro atoms. The highest BCUT2D eigenvalue weighted by molar-refractivity contribution is 5.91. The Morgan fingerprint density at radius 1 is 0.857 bits per heavy atom. The molecule has 0 N–H and O–H groups in total. The van der Waals surface area contributed by atoms with Gasteiger partial charge in [-0.2, -0.15) is 0 Å². The molecule has 1 saturated heterocycles. The van der Waals surface area contributed by atoms with Gasteiger partial charge in [0.1, 0.15) is 24.5 Å². The summed E-state index contributed by atoms with van der Waals surface area (Å²) in [4.78, 5) is 12.6. The van der Waals surface area contributed by atoms with Crippen LogP contribution in [-0.2, 0) is 14.2 Å². The van der Waals surface area contributed by atoms with E-state index in [1.54, 1.807) is 24.3 Å². The van der Waals surface area contributed by atoms with Crippen LogP contribution in [0.1, 0.15) is 47.5 Å². The number of carbonyl (C=O) groups is 1. The van der Waals surface area contributed by atoms with E-state index in [4.69, 9.17) is 18.9 Å². The van der Waals surface area contributed by atoms with Gasteiger partial charge < -0.3 is 18.9 Å². The van der Waals surface area contributed by atoms with Crippen molar-refractivity contribution < 1.29 is 28.1 Å². The summed E-state index contributed by atoms with van der Waals surface area (Å²) in [5.41, 5.74) is 3.59. The fourth-order valence-electron chi connectivity index (χ4n) is 4.47. The lowest BCUT2D eigenvalue weighted by molar-refractivity contribution is -0.102. The number of esters is 1. The van der Waals surface area contributed by atoms with Crippen molar-refractivity contribution in [2.24, 2.45) is 0 Å². The molecule has 1 saturated carbocycles. The fraction of sp³-hybridized carbons (Fsp3) is 0.345. The van der Waals surface area contributed by atoms with Crippen molar-refractivity contribution in [2.75, 3.05) is 20.0 Å². The molecule has 2 aliphatic rings. The van der Waals surface area contributed by atoms with E-state index < -0.39 is 0 Å². The van der Waals surface area contributed by atoms with E-state index in [0.29, 0.717) is 30.6 Å². The van der Waals surface area contributed by atoms with E-state index in [2.05, 4.69) is 0 Å². The Kier molecular flexibility index (Phi) is 7.52. The molecule has 0 bridgehead atoms. The van der Waals surface area contributed by atoms with Crippen molar-refractivity contribution in [1.82, 2.24) is 0 Å². The van der Waals surface area contributed by atoms with Gasteiger partial charge in [-0.05, 0) is 84.7 Å². The van der Waals surface area contributed by atoms with Gasteiger partial charge in [0.25, 0.3) is 0 Å². The van der Waals surface area contributed by atoms with Crippen molar-refractivity contribution in [1.29, 1.82) is 0 Å². The van der Waals surface area contributed by atoms with Gasteiger partial charge in [-0.15, -0.1) is 0 Å². The van der Waals surface area contributed by atoms with E-state index in [1.807, 2.05) is 36.4 Å². The van der Waals surface area contributed by atoms with Crippen LogP contribution >= 0.6 is 0 Å². The third-order valence-corrected chi connectivity index (χ3v) is 6.63. The molecule has 2 fully saturated rings. The number of ether oxygens (including phenoxy) is 4. The molecule has 0 radical (unpaired) electrons. The molecular weight excluding hydrogens is 447 g/mol. The molecule has 1 unspecified atom stereocenters. The van der Waals surface area contributed by atoms with Crippen LogP contribution in [0.2, 0.25) is 0 Å². The van der Waals surface area contributed by atoms with Crippen LogP contribution in [-0.4, -0.2) is 38.2 Å². The van der Waals surface area contributed by atoms with Gasteiger partial charge in [-0.25, -0.2) is 9.18 Å². The highest BCUT2D eigenvalue weighted by Gasteiger charge is 2.25. The SMILES string of the molecule is O=C(Oc1ccc(-c2ccc(F)cc2)cc1)c1ccc(C2CCC(OCOCC3CO3)CC2)cc1. The van der Waals surface area contributed by atoms with Gasteiger partial charge in [0.15, 0.2) is 0 Å². The molecule has 5 rings (SSSR count). The molecule has 182 valence electrons. The second-order valence-corrected chi connectivity index (χ2v) is 9.13. The van der Waals surface area contributed by atoms with Crippen LogP contribution in [0, 0.1) is 5.82 Å². The van der Waals surface area contributed by atoms with Gasteiger partial charge in [-0.3, -0.25) is 0 Å². The number of carbonyl (C=O) groups excluding carboxylic acids is 1. The summed E-state index contributed by atoms with van der Waals surface area (Å²) < 4.78 is 35.1. The Morgan fingerprint density at radius 3 is 2.11 bits per heavy atom. The first kappa shape index (κ1) is 23.7. The van der Waals surface area contributed by atoms with Crippen LogP contribution in [0.3, 0.4) is 0 Å². The molecule has 1 heterocycles. The van der Waals surface area contributed by atoms with Crippen LogP contribution in [0.5, 0.6) is 5.75 Å². The predicted octanol–water partition coefficient (Wildman–Crippen LogP) is 6.13. The number of epoxide rings is 1. The van der Waals surface area contributed by atoms with E-state index >= 15 is 0 Å². The summed E-state index contributed by atoms with van der Waals surface area (Å²) in [7, 11) is 0. The first-order chi connectivity index (χ1) is 17.1. The summed E-state index contributed by atoms with van der Waals surface area (Å²) in [5.74, 6) is 0.282. The lowest BCUT2D eigenvalue weighted by Gasteiger charge is -2.28. The zero-order valence-corrected chi connectivity index (χ0v) is 19.5. The highest BCUT2D eigenvalue weighted by atomic mass is 19.1. The van der Waals surface area contributed by atoms with Crippen LogP contribution in [0.15, 0.2) is 72.8 Å². The van der Waals surface area contributed by atoms with Crippen molar-refractivity contribution >= 4 is 5.97 Å². The van der Waals surface area contributed by atoms with Crippen LogP contribution in [0.25, 0.3) is 11.1 Å². The first-order valence-electron chi connectivity index (χ1n) is 12.1. The molecule has 3 aromatic rings. The third kappa shape index (κ3) is 6.54. The molecule has 6 heteroatoms. The number of halogens is 1. The van der Waals surface area contributed by atoms with Gasteiger partial charge in [0, 0.05) is 0 Å². The Balaban J connectivity index is 1.09. The van der Waals surface area contributed by atoms with Crippen molar-refractivity contribution in [3.63, 3.8) is 0 Å². The first-order valence-corrected chi connectivity index (χ1v) is 12.1. The topological polar surface area (TPSA) is 57.3 Å². The van der Waals surface area contributed by atoms with E-state index in [-0.39, 0.29) is 24.0 Å². The average Bonchev–Trinajstić information content (AvgIpc) is 3.73. The quantitative estimate of drug-likeness (QED) is 0.122. The molecule has 1 aliphatic carbocycles. The summed E-state index contributed by atoms with van der Waals surface area (Å²) in [6, 6.07) is 21.2. The maximum Gasteiger partial charge on any atom is 0.343 e. The number of hydrogen-bond donors (Lipinski definition) is 0. The molecule has 35 heavy (non-hydrogen) atoms. The maximum atomic E-state index is 13.1. The Labute approximate surface area is 204 Å². The lowest BCUT2D eigenvalue weighted by atomic mass is 9.82. The lowest BCUT2D eigenvalue weighted by Crippen LogP contribution is -2.22. The second-order valence-electron chi connectivity index (χ2n) is 9.13. The number of rotatable bonds is 9. The Bertz CT molecular complexity index is 1100. The average molecular weight is 477 g/mol. The maximum absolute atomic E-state index is 13.1.